The third-order valence-corrected chi connectivity index (χ3v) is 3.47. The van der Waals surface area contributed by atoms with Crippen LogP contribution in [0, 0.1) is 0 Å². The van der Waals surface area contributed by atoms with E-state index >= 15 is 0 Å². The zero-order chi connectivity index (χ0) is 13.6. The zero-order valence-electron chi connectivity index (χ0n) is 9.65. The normalized spacial score (nSPS) is 27.2. The molecule has 102 valence electrons. The van der Waals surface area contributed by atoms with Crippen molar-refractivity contribution < 1.29 is 14.9 Å². The number of aromatic nitrogens is 4. The fourth-order valence-corrected chi connectivity index (χ4v) is 2.51. The molecule has 0 spiro atoms. The van der Waals surface area contributed by atoms with Crippen LogP contribution in [0.5, 0.6) is 0 Å². The molecule has 3 rings (SSSR count). The Balaban J connectivity index is 2.05. The number of aliphatic hydroxyl groups is 2. The van der Waals surface area contributed by atoms with E-state index in [0.29, 0.717) is 16.8 Å². The maximum atomic E-state index is 11.7. The van der Waals surface area contributed by atoms with Crippen molar-refractivity contribution >= 4 is 27.1 Å². The summed E-state index contributed by atoms with van der Waals surface area (Å²) in [5.74, 6) is 0. The molecule has 1 aliphatic heterocycles. The molecule has 2 aromatic rings. The number of ether oxygens (including phenoxy) is 1. The van der Waals surface area contributed by atoms with Crippen LogP contribution in [0.15, 0.2) is 15.9 Å². The van der Waals surface area contributed by atoms with E-state index < -0.39 is 18.4 Å². The van der Waals surface area contributed by atoms with Crippen LogP contribution in [-0.2, 0) is 4.74 Å². The Morgan fingerprint density at radius 1 is 1.63 bits per heavy atom. The van der Waals surface area contributed by atoms with Crippen LogP contribution >= 0.6 is 15.9 Å². The highest BCUT2D eigenvalue weighted by molar-refractivity contribution is 9.10. The molecule has 3 heterocycles. The van der Waals surface area contributed by atoms with Crippen molar-refractivity contribution in [1.29, 1.82) is 0 Å². The minimum absolute atomic E-state index is 0.203. The summed E-state index contributed by atoms with van der Waals surface area (Å²) in [5.41, 5.74) is 0.216. The van der Waals surface area contributed by atoms with Crippen LogP contribution in [0.1, 0.15) is 12.6 Å². The van der Waals surface area contributed by atoms with Gasteiger partial charge in [0.05, 0.1) is 19.0 Å². The molecule has 0 saturated carbocycles. The molecule has 0 bridgehead atoms. The Morgan fingerprint density at radius 2 is 2.42 bits per heavy atom. The molecule has 1 aliphatic rings. The number of rotatable bonds is 2. The second kappa shape index (κ2) is 4.67. The summed E-state index contributed by atoms with van der Waals surface area (Å²) < 4.78 is 7.38. The van der Waals surface area contributed by atoms with Crippen molar-refractivity contribution in [3.8, 4) is 0 Å². The summed E-state index contributed by atoms with van der Waals surface area (Å²) in [6.07, 6.45) is -0.136. The standard InChI is InChI=1S/C10H11BrN4O4/c11-10-13-8-7(9(18)14-10)12-3-15(8)6-1-4(17)5(2-16)19-6/h3-6,16-17H,1-2H2,(H,13,14,18)/t4-,5+,6+/m1/s1. The molecule has 8 nitrogen and oxygen atoms in total. The molecule has 3 N–H and O–H groups in total. The molecule has 0 amide bonds. The summed E-state index contributed by atoms with van der Waals surface area (Å²) in [6, 6.07) is 0. The topological polar surface area (TPSA) is 113 Å². The van der Waals surface area contributed by atoms with E-state index in [1.54, 1.807) is 4.57 Å². The Morgan fingerprint density at radius 3 is 3.11 bits per heavy atom. The largest absolute Gasteiger partial charge is 0.394 e. The third-order valence-electron chi connectivity index (χ3n) is 3.10. The first-order valence-corrected chi connectivity index (χ1v) is 6.46. The zero-order valence-corrected chi connectivity index (χ0v) is 11.2. The van der Waals surface area contributed by atoms with E-state index in [4.69, 9.17) is 9.84 Å². The number of nitrogens with zero attached hydrogens (tertiary/aromatic N) is 3. The van der Waals surface area contributed by atoms with E-state index in [9.17, 15) is 9.90 Å². The van der Waals surface area contributed by atoms with Gasteiger partial charge in [-0.1, -0.05) is 0 Å². The first-order valence-electron chi connectivity index (χ1n) is 5.67. The van der Waals surface area contributed by atoms with Gasteiger partial charge in [-0.3, -0.25) is 14.3 Å². The fourth-order valence-electron chi connectivity index (χ4n) is 2.16. The van der Waals surface area contributed by atoms with Crippen molar-refractivity contribution in [3.05, 3.63) is 21.4 Å². The smallest absolute Gasteiger partial charge is 0.279 e. The lowest BCUT2D eigenvalue weighted by molar-refractivity contribution is -0.0432. The lowest BCUT2D eigenvalue weighted by Gasteiger charge is -2.13. The van der Waals surface area contributed by atoms with Gasteiger partial charge in [-0.15, -0.1) is 0 Å². The summed E-state index contributed by atoms with van der Waals surface area (Å²) >= 11 is 3.11. The number of nitrogens with one attached hydrogen (secondary N) is 1. The van der Waals surface area contributed by atoms with E-state index in [2.05, 4.69) is 30.9 Å². The van der Waals surface area contributed by atoms with Gasteiger partial charge in [0.25, 0.3) is 5.56 Å². The van der Waals surface area contributed by atoms with Gasteiger partial charge in [0.1, 0.15) is 12.3 Å². The van der Waals surface area contributed by atoms with Crippen LogP contribution in [-0.4, -0.2) is 48.5 Å². The molecule has 2 aromatic heterocycles. The van der Waals surface area contributed by atoms with Crippen LogP contribution in [0.3, 0.4) is 0 Å². The first-order chi connectivity index (χ1) is 9.10. The van der Waals surface area contributed by atoms with Crippen molar-refractivity contribution in [2.75, 3.05) is 6.61 Å². The molecular formula is C10H11BrN4O4. The van der Waals surface area contributed by atoms with Crippen molar-refractivity contribution in [3.63, 3.8) is 0 Å². The second-order valence-electron chi connectivity index (χ2n) is 4.30. The van der Waals surface area contributed by atoms with E-state index in [1.807, 2.05) is 0 Å². The maximum absolute atomic E-state index is 11.7. The first kappa shape index (κ1) is 12.7. The summed E-state index contributed by atoms with van der Waals surface area (Å²) in [7, 11) is 0. The number of aromatic amines is 1. The predicted octanol–water partition coefficient (Wildman–Crippen LogP) is -0.477. The summed E-state index contributed by atoms with van der Waals surface area (Å²) in [6.45, 7) is -0.262. The van der Waals surface area contributed by atoms with Crippen LogP contribution in [0.25, 0.3) is 11.2 Å². The number of fused-ring (bicyclic) bond motifs is 1. The highest BCUT2D eigenvalue weighted by Gasteiger charge is 2.35. The fraction of sp³-hybridized carbons (Fsp3) is 0.500. The summed E-state index contributed by atoms with van der Waals surface area (Å²) in [4.78, 5) is 22.3. The Bertz CT molecular complexity index is 669. The lowest BCUT2D eigenvalue weighted by atomic mass is 10.2. The quantitative estimate of drug-likeness (QED) is 0.641. The number of aliphatic hydroxyl groups excluding tert-OH is 2. The number of hydrogen-bond acceptors (Lipinski definition) is 6. The highest BCUT2D eigenvalue weighted by Crippen LogP contribution is 2.30. The maximum Gasteiger partial charge on any atom is 0.279 e. The molecule has 0 radical (unpaired) electrons. The van der Waals surface area contributed by atoms with Gasteiger partial charge in [0.15, 0.2) is 15.9 Å². The highest BCUT2D eigenvalue weighted by atomic mass is 79.9. The molecule has 19 heavy (non-hydrogen) atoms. The average molecular weight is 331 g/mol. The minimum atomic E-state index is -0.752. The van der Waals surface area contributed by atoms with Gasteiger partial charge in [0, 0.05) is 6.42 Å². The van der Waals surface area contributed by atoms with Crippen molar-refractivity contribution in [2.45, 2.75) is 24.9 Å². The molecular weight excluding hydrogens is 320 g/mol. The Labute approximate surface area is 115 Å². The molecule has 9 heteroatoms. The molecule has 0 aromatic carbocycles. The molecule has 1 saturated heterocycles. The SMILES string of the molecule is O=c1[nH]c(Br)nc2c1ncn2[C@@H]1C[C@@H](O)[C@H](CO)O1. The monoisotopic (exact) mass is 330 g/mol. The van der Waals surface area contributed by atoms with Crippen LogP contribution < -0.4 is 5.56 Å². The van der Waals surface area contributed by atoms with Crippen molar-refractivity contribution in [2.24, 2.45) is 0 Å². The third kappa shape index (κ3) is 2.08. The number of hydrogen-bond donors (Lipinski definition) is 3. The average Bonchev–Trinajstić information content (AvgIpc) is 2.92. The lowest BCUT2D eigenvalue weighted by Crippen LogP contribution is -2.24. The van der Waals surface area contributed by atoms with E-state index in [1.165, 1.54) is 6.33 Å². The molecule has 0 aliphatic carbocycles. The molecule has 3 atom stereocenters. The van der Waals surface area contributed by atoms with E-state index in [0.717, 1.165) is 0 Å². The van der Waals surface area contributed by atoms with Gasteiger partial charge >= 0.3 is 0 Å². The number of H-pyrrole nitrogens is 1. The van der Waals surface area contributed by atoms with Crippen molar-refractivity contribution in [1.82, 2.24) is 19.5 Å². The van der Waals surface area contributed by atoms with Crippen LogP contribution in [0.2, 0.25) is 0 Å². The number of imidazole rings is 1. The Hall–Kier alpha value is -1.29. The second-order valence-corrected chi connectivity index (χ2v) is 5.05. The van der Waals surface area contributed by atoms with Gasteiger partial charge in [-0.25, -0.2) is 9.97 Å². The molecule has 1 fully saturated rings. The molecule has 0 unspecified atom stereocenters. The van der Waals surface area contributed by atoms with Crippen LogP contribution in [0.4, 0.5) is 0 Å². The predicted molar refractivity (Wildman–Crippen MR) is 67.5 cm³/mol. The van der Waals surface area contributed by atoms with Gasteiger partial charge < -0.3 is 14.9 Å². The number of halogens is 1. The minimum Gasteiger partial charge on any atom is -0.394 e. The summed E-state index contributed by atoms with van der Waals surface area (Å²) in [5, 5.41) is 18.8. The van der Waals surface area contributed by atoms with Gasteiger partial charge in [0.2, 0.25) is 0 Å². The van der Waals surface area contributed by atoms with E-state index in [-0.39, 0.29) is 17.7 Å². The van der Waals surface area contributed by atoms with Gasteiger partial charge in [-0.2, -0.15) is 0 Å². The Kier molecular flexibility index (Phi) is 3.13. The van der Waals surface area contributed by atoms with Gasteiger partial charge in [-0.05, 0) is 15.9 Å².